The van der Waals surface area contributed by atoms with Crippen LogP contribution in [0.1, 0.15) is 55.1 Å². The zero-order valence-electron chi connectivity index (χ0n) is 15.8. The number of ether oxygens (including phenoxy) is 1. The van der Waals surface area contributed by atoms with Gasteiger partial charge in [-0.15, -0.1) is 0 Å². The Hall–Kier alpha value is -1.89. The molecule has 0 aromatic carbocycles. The topological polar surface area (TPSA) is 75.9 Å². The van der Waals surface area contributed by atoms with E-state index in [1.807, 2.05) is 9.80 Å². The van der Waals surface area contributed by atoms with Gasteiger partial charge in [-0.1, -0.05) is 12.1 Å². The van der Waals surface area contributed by atoms with Crippen LogP contribution in [0.4, 0.5) is 0 Å². The maximum absolute atomic E-state index is 13.0. The lowest BCUT2D eigenvalue weighted by Crippen LogP contribution is -2.55. The summed E-state index contributed by atoms with van der Waals surface area (Å²) in [5.74, 6) is 0.882. The molecule has 0 aliphatic carbocycles. The fourth-order valence-electron chi connectivity index (χ4n) is 4.24. The summed E-state index contributed by atoms with van der Waals surface area (Å²) >= 11 is 0. The minimum absolute atomic E-state index is 0.00234. The Morgan fingerprint density at radius 2 is 2.23 bits per heavy atom. The molecule has 2 aliphatic heterocycles. The summed E-state index contributed by atoms with van der Waals surface area (Å²) < 4.78 is 10.4. The summed E-state index contributed by atoms with van der Waals surface area (Å²) in [6.45, 7) is 5.39. The third kappa shape index (κ3) is 3.92. The van der Waals surface area contributed by atoms with Gasteiger partial charge in [-0.05, 0) is 25.7 Å². The largest absolute Gasteiger partial charge is 0.383 e. The second kappa shape index (κ2) is 8.20. The number of aryl methyl sites for hydroxylation is 1. The molecule has 7 nitrogen and oxygen atoms in total. The van der Waals surface area contributed by atoms with Crippen molar-refractivity contribution in [1.82, 2.24) is 15.0 Å². The predicted molar refractivity (Wildman–Crippen MR) is 95.8 cm³/mol. The number of carbonyl (C=O) groups excluding carboxylic acids is 2. The third-order valence-electron chi connectivity index (χ3n) is 5.61. The third-order valence-corrected chi connectivity index (χ3v) is 5.61. The van der Waals surface area contributed by atoms with Gasteiger partial charge in [0.25, 0.3) is 5.91 Å². The van der Waals surface area contributed by atoms with E-state index in [0.29, 0.717) is 44.0 Å². The van der Waals surface area contributed by atoms with Crippen LogP contribution >= 0.6 is 0 Å². The van der Waals surface area contributed by atoms with E-state index in [1.54, 1.807) is 13.3 Å². The van der Waals surface area contributed by atoms with Crippen LogP contribution in [-0.2, 0) is 16.0 Å². The van der Waals surface area contributed by atoms with Crippen LogP contribution in [0.5, 0.6) is 0 Å². The summed E-state index contributed by atoms with van der Waals surface area (Å²) in [6, 6.07) is 0. The molecule has 0 saturated carbocycles. The molecule has 1 aromatic rings. The molecule has 1 aromatic heterocycles. The van der Waals surface area contributed by atoms with E-state index in [2.05, 4.69) is 12.1 Å². The molecule has 3 rings (SSSR count). The minimum Gasteiger partial charge on any atom is -0.383 e. The molecule has 0 radical (unpaired) electrons. The van der Waals surface area contributed by atoms with Gasteiger partial charge in [0, 0.05) is 51.5 Å². The van der Waals surface area contributed by atoms with Crippen LogP contribution in [0.15, 0.2) is 10.7 Å². The van der Waals surface area contributed by atoms with Gasteiger partial charge < -0.3 is 19.1 Å². The van der Waals surface area contributed by atoms with E-state index in [9.17, 15) is 9.59 Å². The molecule has 2 amide bonds. The quantitative estimate of drug-likeness (QED) is 0.774. The molecule has 144 valence electrons. The van der Waals surface area contributed by atoms with Gasteiger partial charge in [-0.2, -0.15) is 0 Å². The Kier molecular flexibility index (Phi) is 5.96. The Morgan fingerprint density at radius 3 is 3.00 bits per heavy atom. The van der Waals surface area contributed by atoms with Crippen molar-refractivity contribution in [2.24, 2.45) is 5.41 Å². The lowest BCUT2D eigenvalue weighted by molar-refractivity contribution is -0.139. The highest BCUT2D eigenvalue weighted by Crippen LogP contribution is 2.39. The van der Waals surface area contributed by atoms with Gasteiger partial charge >= 0.3 is 0 Å². The number of amides is 2. The van der Waals surface area contributed by atoms with Crippen molar-refractivity contribution >= 4 is 11.8 Å². The maximum atomic E-state index is 13.0. The smallest absolute Gasteiger partial charge is 0.259 e. The van der Waals surface area contributed by atoms with Gasteiger partial charge in [0.1, 0.15) is 11.3 Å². The Morgan fingerprint density at radius 1 is 1.38 bits per heavy atom. The summed E-state index contributed by atoms with van der Waals surface area (Å²) in [6.07, 6.45) is 6.61. The standard InChI is InChI=1S/C19H29N3O4/c1-3-5-16-15(12-20-26-16)18(24)22-9-4-7-19(14-22)8-6-17(23)21(13-19)10-11-25-2/h12H,3-11,13-14H2,1-2H3/t19-/m1/s1. The van der Waals surface area contributed by atoms with Crippen molar-refractivity contribution in [3.63, 3.8) is 0 Å². The van der Waals surface area contributed by atoms with Crippen molar-refractivity contribution in [2.75, 3.05) is 39.9 Å². The molecule has 1 atom stereocenters. The molecule has 2 fully saturated rings. The molecule has 7 heteroatoms. The van der Waals surface area contributed by atoms with E-state index in [4.69, 9.17) is 9.26 Å². The van der Waals surface area contributed by atoms with E-state index in [-0.39, 0.29) is 17.2 Å². The molecule has 0 unspecified atom stereocenters. The first kappa shape index (κ1) is 18.9. The fraction of sp³-hybridized carbons (Fsp3) is 0.737. The lowest BCUT2D eigenvalue weighted by Gasteiger charge is -2.48. The highest BCUT2D eigenvalue weighted by atomic mass is 16.5. The summed E-state index contributed by atoms with van der Waals surface area (Å²) in [5.41, 5.74) is 0.588. The molecule has 1 spiro atoms. The van der Waals surface area contributed by atoms with E-state index in [1.165, 1.54) is 0 Å². The van der Waals surface area contributed by atoms with Crippen molar-refractivity contribution in [2.45, 2.75) is 45.4 Å². The number of hydrogen-bond acceptors (Lipinski definition) is 5. The van der Waals surface area contributed by atoms with Crippen molar-refractivity contribution in [3.8, 4) is 0 Å². The van der Waals surface area contributed by atoms with Crippen LogP contribution in [0, 0.1) is 5.41 Å². The Bertz CT molecular complexity index is 644. The van der Waals surface area contributed by atoms with Gasteiger partial charge in [-0.3, -0.25) is 9.59 Å². The maximum Gasteiger partial charge on any atom is 0.259 e. The van der Waals surface area contributed by atoms with Crippen LogP contribution < -0.4 is 0 Å². The Labute approximate surface area is 154 Å². The first-order chi connectivity index (χ1) is 12.6. The van der Waals surface area contributed by atoms with Crippen LogP contribution in [0.25, 0.3) is 0 Å². The van der Waals surface area contributed by atoms with Gasteiger partial charge in [0.2, 0.25) is 5.91 Å². The number of carbonyl (C=O) groups is 2. The minimum atomic E-state index is -0.00234. The van der Waals surface area contributed by atoms with Gasteiger partial charge in [0.05, 0.1) is 12.8 Å². The van der Waals surface area contributed by atoms with Gasteiger partial charge in [0.15, 0.2) is 0 Å². The number of methoxy groups -OCH3 is 1. The number of aromatic nitrogens is 1. The van der Waals surface area contributed by atoms with E-state index >= 15 is 0 Å². The normalized spacial score (nSPS) is 23.7. The van der Waals surface area contributed by atoms with Gasteiger partial charge in [-0.25, -0.2) is 0 Å². The van der Waals surface area contributed by atoms with Crippen LogP contribution in [0.2, 0.25) is 0 Å². The molecule has 2 saturated heterocycles. The number of hydrogen-bond donors (Lipinski definition) is 0. The number of likely N-dealkylation sites (tertiary alicyclic amines) is 2. The zero-order valence-corrected chi connectivity index (χ0v) is 15.8. The molecule has 26 heavy (non-hydrogen) atoms. The molecular formula is C19H29N3O4. The average molecular weight is 363 g/mol. The molecule has 2 aliphatic rings. The van der Waals surface area contributed by atoms with Crippen LogP contribution in [0.3, 0.4) is 0 Å². The summed E-state index contributed by atoms with van der Waals surface area (Å²) in [7, 11) is 1.65. The molecule has 0 N–H and O–H groups in total. The monoisotopic (exact) mass is 363 g/mol. The SMILES string of the molecule is CCCc1oncc1C(=O)N1CCC[C@]2(CCC(=O)N(CCOC)C2)C1. The highest BCUT2D eigenvalue weighted by molar-refractivity contribution is 5.95. The zero-order chi connectivity index (χ0) is 18.6. The van der Waals surface area contributed by atoms with Crippen LogP contribution in [-0.4, -0.2) is 66.7 Å². The Balaban J connectivity index is 1.71. The van der Waals surface area contributed by atoms with E-state index in [0.717, 1.165) is 38.6 Å². The first-order valence-corrected chi connectivity index (χ1v) is 9.58. The van der Waals surface area contributed by atoms with Crippen molar-refractivity contribution < 1.29 is 18.8 Å². The predicted octanol–water partition coefficient (Wildman–Crippen LogP) is 2.12. The molecule has 0 bridgehead atoms. The van der Waals surface area contributed by atoms with E-state index < -0.39 is 0 Å². The molecular weight excluding hydrogens is 334 g/mol. The van der Waals surface area contributed by atoms with Crippen molar-refractivity contribution in [3.05, 3.63) is 17.5 Å². The summed E-state index contributed by atoms with van der Waals surface area (Å²) in [5, 5.41) is 3.83. The number of piperidine rings is 2. The number of nitrogens with zero attached hydrogens (tertiary/aromatic N) is 3. The first-order valence-electron chi connectivity index (χ1n) is 9.58. The lowest BCUT2D eigenvalue weighted by atomic mass is 9.73. The second-order valence-corrected chi connectivity index (χ2v) is 7.55. The summed E-state index contributed by atoms with van der Waals surface area (Å²) in [4.78, 5) is 29.1. The van der Waals surface area contributed by atoms with Crippen molar-refractivity contribution in [1.29, 1.82) is 0 Å². The number of rotatable bonds is 6. The fourth-order valence-corrected chi connectivity index (χ4v) is 4.24. The average Bonchev–Trinajstić information content (AvgIpc) is 3.11. The molecule has 3 heterocycles. The second-order valence-electron chi connectivity index (χ2n) is 7.55. The highest BCUT2D eigenvalue weighted by Gasteiger charge is 2.43.